The Balaban J connectivity index is 0.0000185. The largest absolute Gasteiger partial charge is 1.00 e. The van der Waals surface area contributed by atoms with Crippen molar-refractivity contribution in [3.05, 3.63) is 29.8 Å². The molecule has 5 heteroatoms. The molecule has 0 amide bonds. The molecule has 0 spiro atoms. The van der Waals surface area contributed by atoms with E-state index in [2.05, 4.69) is 6.92 Å². The van der Waals surface area contributed by atoms with Crippen molar-refractivity contribution < 1.29 is 64.4 Å². The summed E-state index contributed by atoms with van der Waals surface area (Å²) in [6.45, 7) is 2.30. The number of aryl methyl sites for hydroxylation is 1. The van der Waals surface area contributed by atoms with Crippen molar-refractivity contribution in [2.75, 3.05) is 0 Å². The van der Waals surface area contributed by atoms with Crippen molar-refractivity contribution in [3.63, 3.8) is 0 Å². The Hall–Kier alpha value is 0.766. The summed E-state index contributed by atoms with van der Waals surface area (Å²) in [5, 5.41) is 0. The number of rotatable bonds is 33. The van der Waals surface area contributed by atoms with E-state index in [9.17, 15) is 13.0 Å². The zero-order valence-electron chi connectivity index (χ0n) is 29.6. The van der Waals surface area contributed by atoms with Crippen LogP contribution in [0.2, 0.25) is 0 Å². The number of unbranched alkanes of at least 4 members (excludes halogenated alkanes) is 30. The van der Waals surface area contributed by atoms with Crippen LogP contribution in [0.4, 0.5) is 0 Å². The average Bonchev–Trinajstić information content (AvgIpc) is 2.99. The molecule has 0 heterocycles. The first-order chi connectivity index (χ1) is 21.0. The number of hydrogen-bond acceptors (Lipinski definition) is 3. The van der Waals surface area contributed by atoms with Gasteiger partial charge in [0.15, 0.2) is 0 Å². The molecule has 0 bridgehead atoms. The molecule has 1 aromatic carbocycles. The van der Waals surface area contributed by atoms with Crippen LogP contribution in [0.25, 0.3) is 0 Å². The second-order valence-corrected chi connectivity index (χ2v) is 14.8. The van der Waals surface area contributed by atoms with Crippen molar-refractivity contribution in [2.45, 2.75) is 217 Å². The fourth-order valence-corrected chi connectivity index (χ4v) is 6.93. The Labute approximate surface area is 318 Å². The van der Waals surface area contributed by atoms with E-state index in [-0.39, 0.29) is 56.3 Å². The average molecular weight is 659 g/mol. The molecule has 0 aliphatic heterocycles. The van der Waals surface area contributed by atoms with Gasteiger partial charge in [-0.15, -0.1) is 0 Å². The van der Waals surface area contributed by atoms with Gasteiger partial charge in [0.05, 0.1) is 4.90 Å². The number of benzene rings is 1. The molecule has 44 heavy (non-hydrogen) atoms. The summed E-state index contributed by atoms with van der Waals surface area (Å²) < 4.78 is 33.4. The molecule has 0 saturated heterocycles. The summed E-state index contributed by atoms with van der Waals surface area (Å²) >= 11 is 0. The van der Waals surface area contributed by atoms with Crippen LogP contribution in [-0.4, -0.2) is 13.0 Å². The Morgan fingerprint density at radius 3 is 1.00 bits per heavy atom. The van der Waals surface area contributed by atoms with Gasteiger partial charge in [-0.3, -0.25) is 0 Å². The fourth-order valence-electron chi connectivity index (χ4n) is 6.39. The first kappa shape index (κ1) is 44.8. The van der Waals surface area contributed by atoms with E-state index in [4.69, 9.17) is 0 Å². The predicted molar refractivity (Wildman–Crippen MR) is 187 cm³/mol. The van der Waals surface area contributed by atoms with Crippen LogP contribution >= 0.6 is 0 Å². The van der Waals surface area contributed by atoms with Crippen LogP contribution in [0, 0.1) is 0 Å². The molecule has 0 aliphatic carbocycles. The number of hydrogen-bond donors (Lipinski definition) is 0. The van der Waals surface area contributed by atoms with Crippen LogP contribution < -0.4 is 51.4 Å². The van der Waals surface area contributed by atoms with Crippen molar-refractivity contribution in [3.8, 4) is 0 Å². The molecule has 1 aromatic rings. The fraction of sp³-hybridized carbons (Fsp3) is 0.846. The van der Waals surface area contributed by atoms with Gasteiger partial charge in [0.2, 0.25) is 0 Å². The molecular weight excluding hydrogens is 588 g/mol. The summed E-state index contributed by atoms with van der Waals surface area (Å²) in [5.74, 6) is 0. The molecule has 0 fully saturated rings. The van der Waals surface area contributed by atoms with Gasteiger partial charge in [-0.1, -0.05) is 212 Å². The van der Waals surface area contributed by atoms with E-state index in [0.29, 0.717) is 0 Å². The van der Waals surface area contributed by atoms with E-state index in [1.807, 2.05) is 6.07 Å². The molecule has 0 unspecified atom stereocenters. The first-order valence-electron chi connectivity index (χ1n) is 19.1. The van der Waals surface area contributed by atoms with Crippen LogP contribution in [0.3, 0.4) is 0 Å². The van der Waals surface area contributed by atoms with Crippen molar-refractivity contribution in [1.29, 1.82) is 0 Å². The van der Waals surface area contributed by atoms with Crippen LogP contribution in [0.1, 0.15) is 212 Å². The molecule has 1 rings (SSSR count). The summed E-state index contributed by atoms with van der Waals surface area (Å²) in [7, 11) is -4.35. The maximum Gasteiger partial charge on any atom is 1.00 e. The molecule has 0 aliphatic rings. The topological polar surface area (TPSA) is 57.2 Å². The molecule has 0 radical (unpaired) electrons. The molecule has 252 valence electrons. The van der Waals surface area contributed by atoms with Crippen molar-refractivity contribution >= 4 is 10.1 Å². The molecule has 0 aromatic heterocycles. The molecule has 0 atom stereocenters. The Morgan fingerprint density at radius 2 is 0.727 bits per heavy atom. The predicted octanol–water partition coefficient (Wildman–Crippen LogP) is 10.3. The molecular formula is C39H71KO3S. The summed E-state index contributed by atoms with van der Waals surface area (Å²) in [5.41, 5.74) is 0.951. The van der Waals surface area contributed by atoms with Gasteiger partial charge in [-0.2, -0.15) is 0 Å². The summed E-state index contributed by atoms with van der Waals surface area (Å²) in [6, 6.07) is 6.50. The molecule has 3 nitrogen and oxygen atoms in total. The van der Waals surface area contributed by atoms with E-state index in [1.54, 1.807) is 6.07 Å². The van der Waals surface area contributed by atoms with E-state index in [0.717, 1.165) is 18.4 Å². The zero-order chi connectivity index (χ0) is 31.1. The van der Waals surface area contributed by atoms with Gasteiger partial charge < -0.3 is 4.55 Å². The third kappa shape index (κ3) is 30.1. The van der Waals surface area contributed by atoms with Crippen molar-refractivity contribution in [2.24, 2.45) is 0 Å². The van der Waals surface area contributed by atoms with Crippen LogP contribution in [0.15, 0.2) is 29.2 Å². The standard InChI is InChI=1S/C39H72O3S.K/c1-2-3-4-5-6-7-8-9-10-11-12-13-14-15-16-17-18-19-20-21-22-23-24-25-26-27-28-29-30-31-32-34-38-35-33-36-39(37-38)43(40,41)42;/h33,35-37H,2-32,34H2,1H3,(H,40,41,42);/q;+1/p-1. The second-order valence-electron chi connectivity index (χ2n) is 13.5. The summed E-state index contributed by atoms with van der Waals surface area (Å²) in [6.07, 6.45) is 44.5. The van der Waals surface area contributed by atoms with Crippen LogP contribution in [0.5, 0.6) is 0 Å². The van der Waals surface area contributed by atoms with Gasteiger partial charge in [-0.05, 0) is 30.5 Å². The zero-order valence-corrected chi connectivity index (χ0v) is 33.5. The van der Waals surface area contributed by atoms with E-state index in [1.165, 1.54) is 205 Å². The van der Waals surface area contributed by atoms with E-state index >= 15 is 0 Å². The minimum absolute atomic E-state index is 0. The second kappa shape index (κ2) is 33.7. The third-order valence-corrected chi connectivity index (χ3v) is 10.1. The molecule has 0 saturated carbocycles. The monoisotopic (exact) mass is 658 g/mol. The smallest absolute Gasteiger partial charge is 0.744 e. The minimum Gasteiger partial charge on any atom is -0.744 e. The third-order valence-electron chi connectivity index (χ3n) is 9.26. The van der Waals surface area contributed by atoms with Gasteiger partial charge in [-0.25, -0.2) is 8.42 Å². The SMILES string of the molecule is CCCCCCCCCCCCCCCCCCCCCCCCCCCCCCCCCc1cccc(S(=O)(=O)[O-])c1.[K+]. The summed E-state index contributed by atoms with van der Waals surface area (Å²) in [4.78, 5) is -0.106. The Bertz CT molecular complexity index is 826. The Kier molecular flexibility index (Phi) is 34.2. The Morgan fingerprint density at radius 1 is 0.455 bits per heavy atom. The van der Waals surface area contributed by atoms with Gasteiger partial charge in [0.25, 0.3) is 0 Å². The quantitative estimate of drug-likeness (QED) is 0.0429. The van der Waals surface area contributed by atoms with Crippen LogP contribution in [-0.2, 0) is 16.5 Å². The van der Waals surface area contributed by atoms with E-state index < -0.39 is 10.1 Å². The normalized spacial score (nSPS) is 11.6. The first-order valence-corrected chi connectivity index (χ1v) is 20.5. The van der Waals surface area contributed by atoms with Gasteiger partial charge in [0, 0.05) is 0 Å². The van der Waals surface area contributed by atoms with Crippen molar-refractivity contribution in [1.82, 2.24) is 0 Å². The maximum absolute atomic E-state index is 11.1. The maximum atomic E-state index is 11.1. The molecule has 0 N–H and O–H groups in total. The van der Waals surface area contributed by atoms with Gasteiger partial charge in [0.1, 0.15) is 10.1 Å². The minimum atomic E-state index is -4.35. The van der Waals surface area contributed by atoms with Gasteiger partial charge >= 0.3 is 51.4 Å².